The normalized spacial score (nSPS) is 12.6. The molecule has 8 nitrogen and oxygen atoms in total. The summed E-state index contributed by atoms with van der Waals surface area (Å²) >= 11 is 0. The van der Waals surface area contributed by atoms with Gasteiger partial charge in [-0.15, -0.1) is 0 Å². The molecule has 0 radical (unpaired) electrons. The zero-order chi connectivity index (χ0) is 29.8. The summed E-state index contributed by atoms with van der Waals surface area (Å²) in [6.45, 7) is 7.15. The maximum absolute atomic E-state index is 14.8. The van der Waals surface area contributed by atoms with Crippen molar-refractivity contribution < 1.29 is 23.6 Å². The average Bonchev–Trinajstić information content (AvgIpc) is 3.30. The van der Waals surface area contributed by atoms with Crippen LogP contribution in [-0.2, 0) is 17.8 Å². The molecule has 0 aliphatic carbocycles. The van der Waals surface area contributed by atoms with Crippen LogP contribution in [0.5, 0.6) is 0 Å². The molecule has 0 saturated heterocycles. The monoisotopic (exact) mass is 566 g/mol. The Bertz CT molecular complexity index is 1290. The summed E-state index contributed by atoms with van der Waals surface area (Å²) in [5.74, 6) is -0.918. The Morgan fingerprint density at radius 2 is 1.76 bits per heavy atom. The third-order valence-corrected chi connectivity index (χ3v) is 7.40. The summed E-state index contributed by atoms with van der Waals surface area (Å²) in [5.41, 5.74) is 4.67. The van der Waals surface area contributed by atoms with Gasteiger partial charge in [-0.1, -0.05) is 57.0 Å². The summed E-state index contributed by atoms with van der Waals surface area (Å²) in [5, 5.41) is 15.5. The Morgan fingerprint density at radius 3 is 2.39 bits per heavy atom. The highest BCUT2D eigenvalue weighted by atomic mass is 19.1. The number of aryl methyl sites for hydroxylation is 3. The molecule has 9 heteroatoms. The van der Waals surface area contributed by atoms with Crippen molar-refractivity contribution in [2.75, 3.05) is 18.5 Å². The number of nitrogens with one attached hydrogen (secondary N) is 1. The van der Waals surface area contributed by atoms with Gasteiger partial charge in [0.25, 0.3) is 0 Å². The van der Waals surface area contributed by atoms with Gasteiger partial charge in [-0.2, -0.15) is 0 Å². The standard InChI is InChI=1S/C26H36FN3O.C6H7NO3/c1-3-4-5-6-7-8-9-10-13-28-17-20-14-22(19-29-18-20)23-15-21-11-12-26(31)30(2)25(21)16-24(23)27;1-3-5(6(8)9)4(2)10-7-3/h14-16,18-19,28H,3-13,17H2,1-2H3;1-2H3,(H,8,9). The SMILES string of the molecule is CCCCCCCCCCNCc1cncc(-c2cc3c(cc2F)N(C)C(=O)CC3)c1.Cc1noc(C)c1C(=O)O. The first-order valence-electron chi connectivity index (χ1n) is 14.6. The number of carbonyl (C=O) groups is 2. The topological polar surface area (TPSA) is 109 Å². The van der Waals surface area contributed by atoms with Crippen LogP contribution in [0, 0.1) is 19.7 Å². The fourth-order valence-electron chi connectivity index (χ4n) is 5.02. The van der Waals surface area contributed by atoms with Crippen LogP contribution < -0.4 is 10.2 Å². The Hall–Kier alpha value is -3.59. The van der Waals surface area contributed by atoms with Crippen LogP contribution in [0.15, 0.2) is 35.1 Å². The fraction of sp³-hybridized carbons (Fsp3) is 0.500. The summed E-state index contributed by atoms with van der Waals surface area (Å²) in [7, 11) is 1.71. The second-order valence-electron chi connectivity index (χ2n) is 10.7. The van der Waals surface area contributed by atoms with Crippen LogP contribution in [0.1, 0.15) is 97.7 Å². The molecule has 2 N–H and O–H groups in total. The van der Waals surface area contributed by atoms with E-state index in [1.165, 1.54) is 57.4 Å². The van der Waals surface area contributed by atoms with Crippen LogP contribution in [0.3, 0.4) is 0 Å². The first-order valence-corrected chi connectivity index (χ1v) is 14.6. The maximum Gasteiger partial charge on any atom is 0.341 e. The first-order chi connectivity index (χ1) is 19.7. The summed E-state index contributed by atoms with van der Waals surface area (Å²) in [6.07, 6.45) is 15.2. The van der Waals surface area contributed by atoms with Gasteiger partial charge in [-0.25, -0.2) is 9.18 Å². The van der Waals surface area contributed by atoms with E-state index in [1.807, 2.05) is 18.3 Å². The van der Waals surface area contributed by atoms with Crippen molar-refractivity contribution in [2.24, 2.45) is 0 Å². The number of halogens is 1. The molecule has 1 aliphatic rings. The molecule has 2 aromatic heterocycles. The van der Waals surface area contributed by atoms with Crippen LogP contribution in [0.25, 0.3) is 11.1 Å². The van der Waals surface area contributed by atoms with E-state index in [9.17, 15) is 14.0 Å². The molecule has 0 bridgehead atoms. The molecular weight excluding hydrogens is 523 g/mol. The molecule has 0 atom stereocenters. The third-order valence-electron chi connectivity index (χ3n) is 7.40. The van der Waals surface area contributed by atoms with Crippen molar-refractivity contribution in [3.63, 3.8) is 0 Å². The summed E-state index contributed by atoms with van der Waals surface area (Å²) in [4.78, 5) is 28.2. The number of carboxylic acids is 1. The zero-order valence-electron chi connectivity index (χ0n) is 24.8. The smallest absolute Gasteiger partial charge is 0.341 e. The van der Waals surface area contributed by atoms with Crippen LogP contribution in [0.4, 0.5) is 10.1 Å². The number of benzene rings is 1. The molecule has 4 rings (SSSR count). The van der Waals surface area contributed by atoms with E-state index in [-0.39, 0.29) is 17.3 Å². The molecule has 222 valence electrons. The van der Waals surface area contributed by atoms with Gasteiger partial charge in [0.2, 0.25) is 5.91 Å². The lowest BCUT2D eigenvalue weighted by Crippen LogP contribution is -2.31. The molecule has 0 spiro atoms. The van der Waals surface area contributed by atoms with Crippen molar-refractivity contribution in [1.29, 1.82) is 0 Å². The van der Waals surface area contributed by atoms with Crippen LogP contribution in [0.2, 0.25) is 0 Å². The number of anilines is 1. The zero-order valence-corrected chi connectivity index (χ0v) is 24.8. The second kappa shape index (κ2) is 16.0. The highest BCUT2D eigenvalue weighted by Crippen LogP contribution is 2.33. The molecule has 41 heavy (non-hydrogen) atoms. The number of unbranched alkanes of at least 4 members (excludes halogenated alkanes) is 7. The molecule has 3 heterocycles. The number of carbonyl (C=O) groups excluding carboxylic acids is 1. The lowest BCUT2D eigenvalue weighted by Gasteiger charge is -2.26. The van der Waals surface area contributed by atoms with Crippen molar-refractivity contribution >= 4 is 17.6 Å². The van der Waals surface area contributed by atoms with E-state index in [0.717, 1.165) is 29.8 Å². The van der Waals surface area contributed by atoms with Gasteiger partial charge in [-0.05, 0) is 62.6 Å². The number of pyridine rings is 1. The minimum Gasteiger partial charge on any atom is -0.477 e. The molecule has 0 saturated carbocycles. The number of amides is 1. The van der Waals surface area contributed by atoms with Crippen molar-refractivity contribution in [2.45, 2.75) is 91.5 Å². The van der Waals surface area contributed by atoms with Crippen molar-refractivity contribution in [3.8, 4) is 11.1 Å². The van der Waals surface area contributed by atoms with E-state index in [4.69, 9.17) is 5.11 Å². The number of aromatic carboxylic acids is 1. The lowest BCUT2D eigenvalue weighted by atomic mass is 9.96. The first kappa shape index (κ1) is 31.9. The Kier molecular flexibility index (Phi) is 12.5. The molecule has 0 unspecified atom stereocenters. The maximum atomic E-state index is 14.8. The molecule has 3 aromatic rings. The summed E-state index contributed by atoms with van der Waals surface area (Å²) < 4.78 is 19.5. The van der Waals surface area contributed by atoms with Gasteiger partial charge in [0.15, 0.2) is 0 Å². The van der Waals surface area contributed by atoms with Gasteiger partial charge >= 0.3 is 5.97 Å². The Morgan fingerprint density at radius 1 is 1.05 bits per heavy atom. The van der Waals surface area contributed by atoms with E-state index >= 15 is 0 Å². The third kappa shape index (κ3) is 9.21. The van der Waals surface area contributed by atoms with E-state index in [1.54, 1.807) is 32.0 Å². The van der Waals surface area contributed by atoms with Crippen molar-refractivity contribution in [1.82, 2.24) is 15.5 Å². The largest absolute Gasteiger partial charge is 0.477 e. The fourth-order valence-corrected chi connectivity index (χ4v) is 5.02. The molecule has 0 fully saturated rings. The number of rotatable bonds is 13. The number of fused-ring (bicyclic) bond motifs is 1. The Balaban J connectivity index is 0.000000389. The number of nitrogens with zero attached hydrogens (tertiary/aromatic N) is 3. The van der Waals surface area contributed by atoms with Gasteiger partial charge < -0.3 is 19.8 Å². The quantitative estimate of drug-likeness (QED) is 0.214. The predicted molar refractivity (Wildman–Crippen MR) is 159 cm³/mol. The number of aromatic nitrogens is 2. The highest BCUT2D eigenvalue weighted by molar-refractivity contribution is 5.96. The van der Waals surface area contributed by atoms with E-state index < -0.39 is 5.97 Å². The molecular formula is C32H43FN4O4. The second-order valence-corrected chi connectivity index (χ2v) is 10.7. The van der Waals surface area contributed by atoms with Gasteiger partial charge in [-0.3, -0.25) is 9.78 Å². The number of carboxylic acid groups (broad SMARTS) is 1. The minimum absolute atomic E-state index is 0.0332. The summed E-state index contributed by atoms with van der Waals surface area (Å²) in [6, 6.07) is 5.37. The number of hydrogen-bond donors (Lipinski definition) is 2. The van der Waals surface area contributed by atoms with E-state index in [0.29, 0.717) is 35.5 Å². The van der Waals surface area contributed by atoms with Crippen LogP contribution in [-0.4, -0.2) is 40.7 Å². The molecule has 1 amide bonds. The minimum atomic E-state index is -0.990. The van der Waals surface area contributed by atoms with E-state index in [2.05, 4.69) is 26.9 Å². The van der Waals surface area contributed by atoms with Gasteiger partial charge in [0, 0.05) is 49.2 Å². The Labute approximate surface area is 242 Å². The average molecular weight is 567 g/mol. The van der Waals surface area contributed by atoms with Crippen LogP contribution >= 0.6 is 0 Å². The van der Waals surface area contributed by atoms with Crippen molar-refractivity contribution in [3.05, 3.63) is 64.6 Å². The van der Waals surface area contributed by atoms with Gasteiger partial charge in [0.05, 0.1) is 5.69 Å². The molecule has 1 aliphatic heterocycles. The molecule has 1 aromatic carbocycles. The lowest BCUT2D eigenvalue weighted by molar-refractivity contribution is -0.118. The number of hydrogen-bond acceptors (Lipinski definition) is 6. The predicted octanol–water partition coefficient (Wildman–Crippen LogP) is 7.02. The van der Waals surface area contributed by atoms with Gasteiger partial charge in [0.1, 0.15) is 17.1 Å². The highest BCUT2D eigenvalue weighted by Gasteiger charge is 2.23.